The van der Waals surface area contributed by atoms with Crippen molar-refractivity contribution in [3.05, 3.63) is 36.7 Å². The molecule has 1 fully saturated rings. The first-order valence-corrected chi connectivity index (χ1v) is 6.13. The maximum Gasteiger partial charge on any atom is 0.151 e. The predicted octanol–water partition coefficient (Wildman–Crippen LogP) is 0.948. The Kier molecular flexibility index (Phi) is 3.14. The molecule has 0 amide bonds. The van der Waals surface area contributed by atoms with Crippen LogP contribution in [0.4, 0.5) is 5.82 Å². The van der Waals surface area contributed by atoms with E-state index >= 15 is 0 Å². The van der Waals surface area contributed by atoms with Crippen LogP contribution in [-0.4, -0.2) is 41.4 Å². The van der Waals surface area contributed by atoms with E-state index in [1.807, 2.05) is 24.3 Å². The fourth-order valence-electron chi connectivity index (χ4n) is 2.06. The molecule has 3 heterocycles. The first kappa shape index (κ1) is 11.1. The minimum atomic E-state index is 0.885. The van der Waals surface area contributed by atoms with Gasteiger partial charge in [-0.05, 0) is 24.3 Å². The van der Waals surface area contributed by atoms with Crippen LogP contribution in [0.15, 0.2) is 36.7 Å². The number of aromatic nitrogens is 3. The second-order valence-electron chi connectivity index (χ2n) is 4.25. The molecule has 92 valence electrons. The van der Waals surface area contributed by atoms with E-state index < -0.39 is 0 Å². The van der Waals surface area contributed by atoms with E-state index in [1.165, 1.54) is 0 Å². The van der Waals surface area contributed by atoms with Crippen molar-refractivity contribution >= 4 is 5.82 Å². The van der Waals surface area contributed by atoms with E-state index in [-0.39, 0.29) is 0 Å². The van der Waals surface area contributed by atoms with Gasteiger partial charge < -0.3 is 10.2 Å². The monoisotopic (exact) mass is 241 g/mol. The zero-order valence-corrected chi connectivity index (χ0v) is 10.1. The summed E-state index contributed by atoms with van der Waals surface area (Å²) in [5, 5.41) is 11.9. The van der Waals surface area contributed by atoms with Crippen molar-refractivity contribution in [1.82, 2.24) is 20.5 Å². The van der Waals surface area contributed by atoms with Crippen LogP contribution in [0, 0.1) is 0 Å². The Labute approximate surface area is 106 Å². The van der Waals surface area contributed by atoms with Gasteiger partial charge in [0, 0.05) is 44.1 Å². The molecule has 3 rings (SSSR count). The fraction of sp³-hybridized carbons (Fsp3) is 0.308. The third-order valence-corrected chi connectivity index (χ3v) is 3.07. The Morgan fingerprint density at radius 2 is 1.72 bits per heavy atom. The molecule has 2 aromatic heterocycles. The number of nitrogens with one attached hydrogen (secondary N) is 1. The van der Waals surface area contributed by atoms with Crippen LogP contribution in [0.25, 0.3) is 11.3 Å². The number of hydrogen-bond acceptors (Lipinski definition) is 5. The van der Waals surface area contributed by atoms with E-state index in [4.69, 9.17) is 0 Å². The highest BCUT2D eigenvalue weighted by atomic mass is 15.3. The van der Waals surface area contributed by atoms with Crippen molar-refractivity contribution in [1.29, 1.82) is 0 Å². The average Bonchev–Trinajstić information content (AvgIpc) is 2.49. The van der Waals surface area contributed by atoms with E-state index in [9.17, 15) is 0 Å². The van der Waals surface area contributed by atoms with Crippen LogP contribution in [0.2, 0.25) is 0 Å². The van der Waals surface area contributed by atoms with E-state index in [2.05, 4.69) is 25.4 Å². The second-order valence-corrected chi connectivity index (χ2v) is 4.25. The lowest BCUT2D eigenvalue weighted by atomic mass is 10.2. The highest BCUT2D eigenvalue weighted by Crippen LogP contribution is 2.17. The first-order valence-electron chi connectivity index (χ1n) is 6.13. The Morgan fingerprint density at radius 3 is 2.39 bits per heavy atom. The summed E-state index contributed by atoms with van der Waals surface area (Å²) in [6.07, 6.45) is 3.53. The summed E-state index contributed by atoms with van der Waals surface area (Å²) in [6, 6.07) is 7.93. The van der Waals surface area contributed by atoms with E-state index in [0.717, 1.165) is 43.3 Å². The summed E-state index contributed by atoms with van der Waals surface area (Å²) < 4.78 is 0. The molecule has 5 nitrogen and oxygen atoms in total. The number of piperazine rings is 1. The van der Waals surface area contributed by atoms with Crippen molar-refractivity contribution in [2.75, 3.05) is 31.1 Å². The van der Waals surface area contributed by atoms with Gasteiger partial charge in [0.25, 0.3) is 0 Å². The first-order chi connectivity index (χ1) is 8.93. The quantitative estimate of drug-likeness (QED) is 0.848. The lowest BCUT2D eigenvalue weighted by Crippen LogP contribution is -2.43. The summed E-state index contributed by atoms with van der Waals surface area (Å²) in [7, 11) is 0. The molecule has 1 saturated heterocycles. The summed E-state index contributed by atoms with van der Waals surface area (Å²) in [5.74, 6) is 0.953. The Hall–Kier alpha value is -2.01. The predicted molar refractivity (Wildman–Crippen MR) is 70.3 cm³/mol. The van der Waals surface area contributed by atoms with Crippen molar-refractivity contribution < 1.29 is 0 Å². The van der Waals surface area contributed by atoms with Gasteiger partial charge in [0.2, 0.25) is 0 Å². The molecule has 0 aromatic carbocycles. The van der Waals surface area contributed by atoms with Gasteiger partial charge in [-0.15, -0.1) is 10.2 Å². The van der Waals surface area contributed by atoms with Gasteiger partial charge in [0.05, 0.1) is 5.69 Å². The molecule has 18 heavy (non-hydrogen) atoms. The van der Waals surface area contributed by atoms with Gasteiger partial charge in [-0.3, -0.25) is 4.98 Å². The zero-order valence-electron chi connectivity index (χ0n) is 10.1. The van der Waals surface area contributed by atoms with Crippen LogP contribution >= 0.6 is 0 Å². The average molecular weight is 241 g/mol. The van der Waals surface area contributed by atoms with Gasteiger partial charge in [0.1, 0.15) is 0 Å². The Balaban J connectivity index is 1.80. The van der Waals surface area contributed by atoms with Crippen LogP contribution in [0.5, 0.6) is 0 Å². The van der Waals surface area contributed by atoms with E-state index in [0.29, 0.717) is 0 Å². The smallest absolute Gasteiger partial charge is 0.151 e. The summed E-state index contributed by atoms with van der Waals surface area (Å²) in [4.78, 5) is 6.25. The highest BCUT2D eigenvalue weighted by Gasteiger charge is 2.12. The standard InChI is InChI=1S/C13H15N5/c1-2-13(18-9-7-15-8-10-18)17-16-12(1)11-3-5-14-6-4-11/h1-6,15H,7-10H2. The molecule has 1 aliphatic rings. The second kappa shape index (κ2) is 5.10. The van der Waals surface area contributed by atoms with Gasteiger partial charge in [-0.25, -0.2) is 0 Å². The van der Waals surface area contributed by atoms with Crippen LogP contribution in [0.3, 0.4) is 0 Å². The van der Waals surface area contributed by atoms with Gasteiger partial charge in [-0.2, -0.15) is 0 Å². The maximum absolute atomic E-state index is 4.31. The summed E-state index contributed by atoms with van der Waals surface area (Å²) >= 11 is 0. The maximum atomic E-state index is 4.31. The van der Waals surface area contributed by atoms with Gasteiger partial charge >= 0.3 is 0 Å². The third-order valence-electron chi connectivity index (χ3n) is 3.07. The minimum absolute atomic E-state index is 0.885. The molecular formula is C13H15N5. The molecule has 0 bridgehead atoms. The van der Waals surface area contributed by atoms with Crippen LogP contribution < -0.4 is 10.2 Å². The zero-order chi connectivity index (χ0) is 12.2. The molecule has 0 atom stereocenters. The molecule has 0 spiro atoms. The number of rotatable bonds is 2. The third kappa shape index (κ3) is 2.31. The summed E-state index contributed by atoms with van der Waals surface area (Å²) in [6.45, 7) is 3.99. The number of nitrogens with zero attached hydrogens (tertiary/aromatic N) is 4. The normalized spacial score (nSPS) is 15.7. The van der Waals surface area contributed by atoms with E-state index in [1.54, 1.807) is 12.4 Å². The molecule has 1 aliphatic heterocycles. The Morgan fingerprint density at radius 1 is 0.944 bits per heavy atom. The highest BCUT2D eigenvalue weighted by molar-refractivity contribution is 5.58. The van der Waals surface area contributed by atoms with Crippen LogP contribution in [0.1, 0.15) is 0 Å². The number of anilines is 1. The number of pyridine rings is 1. The van der Waals surface area contributed by atoms with Crippen molar-refractivity contribution in [2.45, 2.75) is 0 Å². The minimum Gasteiger partial charge on any atom is -0.353 e. The SMILES string of the molecule is c1cc(-c2ccc(N3CCNCC3)nn2)ccn1. The van der Waals surface area contributed by atoms with Gasteiger partial charge in [-0.1, -0.05) is 0 Å². The van der Waals surface area contributed by atoms with Crippen molar-refractivity contribution in [2.24, 2.45) is 0 Å². The number of hydrogen-bond donors (Lipinski definition) is 1. The molecule has 2 aromatic rings. The molecule has 1 N–H and O–H groups in total. The molecule has 0 aliphatic carbocycles. The lowest BCUT2D eigenvalue weighted by molar-refractivity contribution is 0.583. The Bertz CT molecular complexity index is 491. The van der Waals surface area contributed by atoms with Gasteiger partial charge in [0.15, 0.2) is 5.82 Å². The van der Waals surface area contributed by atoms with Crippen LogP contribution in [-0.2, 0) is 0 Å². The summed E-state index contributed by atoms with van der Waals surface area (Å²) in [5.41, 5.74) is 1.93. The largest absolute Gasteiger partial charge is 0.353 e. The molecule has 0 saturated carbocycles. The molecule has 5 heteroatoms. The molecule has 0 radical (unpaired) electrons. The topological polar surface area (TPSA) is 53.9 Å². The fourth-order valence-corrected chi connectivity index (χ4v) is 2.06. The van der Waals surface area contributed by atoms with Crippen molar-refractivity contribution in [3.63, 3.8) is 0 Å². The lowest BCUT2D eigenvalue weighted by Gasteiger charge is -2.27. The van der Waals surface area contributed by atoms with Crippen molar-refractivity contribution in [3.8, 4) is 11.3 Å². The molecular weight excluding hydrogens is 226 g/mol. The molecule has 0 unspecified atom stereocenters.